The number of aliphatic hydroxyl groups is 1. The second kappa shape index (κ2) is 5.36. The molecule has 1 aromatic rings. The molecular weight excluding hydrogens is 256 g/mol. The minimum atomic E-state index is -1.12. The molecule has 0 bridgehead atoms. The molecule has 0 saturated carbocycles. The Morgan fingerprint density at radius 1 is 1.37 bits per heavy atom. The van der Waals surface area contributed by atoms with Crippen LogP contribution in [0.3, 0.4) is 0 Å². The first-order valence-corrected chi connectivity index (χ1v) is 5.79. The first-order chi connectivity index (χ1) is 9.01. The number of halogens is 2. The summed E-state index contributed by atoms with van der Waals surface area (Å²) < 4.78 is 26.3. The maximum Gasteiger partial charge on any atom is 0.258 e. The molecule has 6 heteroatoms. The van der Waals surface area contributed by atoms with Crippen LogP contribution in [0.25, 0.3) is 0 Å². The van der Waals surface area contributed by atoms with Crippen LogP contribution in [-0.4, -0.2) is 28.8 Å². The van der Waals surface area contributed by atoms with Crippen LogP contribution in [0.4, 0.5) is 8.78 Å². The molecule has 0 fully saturated rings. The third-order valence-corrected chi connectivity index (χ3v) is 2.98. The fourth-order valence-corrected chi connectivity index (χ4v) is 2.04. The summed E-state index contributed by atoms with van der Waals surface area (Å²) in [6.07, 6.45) is 3.95. The molecule has 0 spiro atoms. The molecule has 1 aromatic carbocycles. The average Bonchev–Trinajstić information content (AvgIpc) is 2.75. The molecule has 0 saturated heterocycles. The van der Waals surface area contributed by atoms with E-state index in [1.165, 1.54) is 0 Å². The van der Waals surface area contributed by atoms with Gasteiger partial charge in [-0.25, -0.2) is 8.78 Å². The lowest BCUT2D eigenvalue weighted by atomic mass is 10.1. The number of benzene rings is 1. The molecule has 1 amide bonds. The molecule has 2 rings (SSSR count). The van der Waals surface area contributed by atoms with Crippen molar-refractivity contribution in [3.8, 4) is 5.75 Å². The molecule has 1 aliphatic carbocycles. The van der Waals surface area contributed by atoms with Crippen molar-refractivity contribution in [3.05, 3.63) is 41.5 Å². The van der Waals surface area contributed by atoms with Gasteiger partial charge in [0, 0.05) is 30.7 Å². The predicted molar refractivity (Wildman–Crippen MR) is 63.6 cm³/mol. The Kier molecular flexibility index (Phi) is 3.80. The molecular formula is C13H13F2NO3. The van der Waals surface area contributed by atoms with Gasteiger partial charge in [0.1, 0.15) is 22.9 Å². The zero-order valence-corrected chi connectivity index (χ0v) is 9.94. The van der Waals surface area contributed by atoms with Gasteiger partial charge in [-0.15, -0.1) is 0 Å². The number of amides is 1. The monoisotopic (exact) mass is 269 g/mol. The average molecular weight is 269 g/mol. The van der Waals surface area contributed by atoms with E-state index in [1.807, 2.05) is 0 Å². The Hall–Kier alpha value is -1.95. The van der Waals surface area contributed by atoms with Crippen LogP contribution in [0.1, 0.15) is 16.8 Å². The smallest absolute Gasteiger partial charge is 0.258 e. The number of hydrogen-bond acceptors (Lipinski definition) is 3. The highest BCUT2D eigenvalue weighted by Crippen LogP contribution is 2.23. The van der Waals surface area contributed by atoms with E-state index in [4.69, 9.17) is 5.11 Å². The molecule has 3 N–H and O–H groups in total. The lowest BCUT2D eigenvalue weighted by Crippen LogP contribution is -2.33. The highest BCUT2D eigenvalue weighted by Gasteiger charge is 2.24. The largest absolute Gasteiger partial charge is 0.507 e. The Balaban J connectivity index is 2.11. The Morgan fingerprint density at radius 3 is 2.68 bits per heavy atom. The topological polar surface area (TPSA) is 69.6 Å². The number of phenolic OH excluding ortho intramolecular Hbond substituents is 1. The highest BCUT2D eigenvalue weighted by atomic mass is 19.1. The Morgan fingerprint density at radius 2 is 2.11 bits per heavy atom. The van der Waals surface area contributed by atoms with Crippen LogP contribution in [-0.2, 0) is 0 Å². The van der Waals surface area contributed by atoms with Crippen LogP contribution in [0.15, 0.2) is 24.3 Å². The fraction of sp³-hybridized carbons (Fsp3) is 0.308. The second-order valence-electron chi connectivity index (χ2n) is 4.42. The summed E-state index contributed by atoms with van der Waals surface area (Å²) in [5.41, 5.74) is -0.581. The third kappa shape index (κ3) is 2.90. The second-order valence-corrected chi connectivity index (χ2v) is 4.42. The van der Waals surface area contributed by atoms with Gasteiger partial charge in [0.05, 0.1) is 0 Å². The van der Waals surface area contributed by atoms with Crippen molar-refractivity contribution in [1.82, 2.24) is 5.32 Å². The van der Waals surface area contributed by atoms with Gasteiger partial charge in [-0.05, 0) is 6.42 Å². The Labute approximate surface area is 108 Å². The van der Waals surface area contributed by atoms with Crippen LogP contribution < -0.4 is 5.32 Å². The first-order valence-electron chi connectivity index (χ1n) is 5.79. The molecule has 0 unspecified atom stereocenters. The van der Waals surface area contributed by atoms with Gasteiger partial charge >= 0.3 is 0 Å². The minimum absolute atomic E-state index is 0.0287. The maximum absolute atomic E-state index is 13.5. The molecule has 0 aromatic heterocycles. The van der Waals surface area contributed by atoms with E-state index in [2.05, 4.69) is 5.32 Å². The van der Waals surface area contributed by atoms with Crippen LogP contribution in [0.2, 0.25) is 0 Å². The number of aliphatic hydroxyl groups excluding tert-OH is 1. The van der Waals surface area contributed by atoms with Crippen molar-refractivity contribution in [2.45, 2.75) is 12.5 Å². The summed E-state index contributed by atoms with van der Waals surface area (Å²) in [5, 5.41) is 20.9. The first kappa shape index (κ1) is 13.5. The van der Waals surface area contributed by atoms with E-state index in [1.54, 1.807) is 12.2 Å². The maximum atomic E-state index is 13.5. The molecule has 1 aliphatic rings. The molecule has 0 aliphatic heterocycles. The summed E-state index contributed by atoms with van der Waals surface area (Å²) in [7, 11) is 0. The number of nitrogens with one attached hydrogen (secondary N) is 1. The molecule has 102 valence electrons. The van der Waals surface area contributed by atoms with Crippen molar-refractivity contribution in [2.75, 3.05) is 6.61 Å². The molecule has 0 heterocycles. The quantitative estimate of drug-likeness (QED) is 0.725. The van der Waals surface area contributed by atoms with Crippen LogP contribution in [0.5, 0.6) is 5.75 Å². The standard InChI is InChI=1S/C13H13F2NO3/c14-8-4-10(15)12(11(18)5-8)13(19)16-9-2-1-7(3-9)6-17/h1-2,4-5,7,9,17-18H,3,6H2,(H,16,19)/t7-,9+/m0/s1. The summed E-state index contributed by atoms with van der Waals surface area (Å²) in [4.78, 5) is 11.8. The zero-order valence-electron chi connectivity index (χ0n) is 9.94. The van der Waals surface area contributed by atoms with E-state index in [-0.39, 0.29) is 18.6 Å². The SMILES string of the molecule is O=C(N[C@@H]1C=C[C@H](CO)C1)c1c(O)cc(F)cc1F. The van der Waals surface area contributed by atoms with E-state index in [0.29, 0.717) is 18.6 Å². The van der Waals surface area contributed by atoms with E-state index in [0.717, 1.165) is 0 Å². The number of carbonyl (C=O) groups is 1. The number of rotatable bonds is 3. The van der Waals surface area contributed by atoms with Gasteiger partial charge < -0.3 is 15.5 Å². The lowest BCUT2D eigenvalue weighted by molar-refractivity contribution is 0.0934. The van der Waals surface area contributed by atoms with Crippen LogP contribution >= 0.6 is 0 Å². The van der Waals surface area contributed by atoms with Crippen molar-refractivity contribution in [2.24, 2.45) is 5.92 Å². The van der Waals surface area contributed by atoms with Gasteiger partial charge in [0.2, 0.25) is 0 Å². The Bertz CT molecular complexity index is 508. The minimum Gasteiger partial charge on any atom is -0.507 e. The van der Waals surface area contributed by atoms with E-state index < -0.39 is 28.9 Å². The number of aromatic hydroxyl groups is 1. The van der Waals surface area contributed by atoms with Crippen molar-refractivity contribution in [3.63, 3.8) is 0 Å². The van der Waals surface area contributed by atoms with E-state index in [9.17, 15) is 18.7 Å². The van der Waals surface area contributed by atoms with E-state index >= 15 is 0 Å². The molecule has 19 heavy (non-hydrogen) atoms. The highest BCUT2D eigenvalue weighted by molar-refractivity contribution is 5.97. The third-order valence-electron chi connectivity index (χ3n) is 2.98. The molecule has 0 radical (unpaired) electrons. The molecule has 2 atom stereocenters. The van der Waals surface area contributed by atoms with Crippen molar-refractivity contribution < 1.29 is 23.8 Å². The van der Waals surface area contributed by atoms with Crippen molar-refractivity contribution >= 4 is 5.91 Å². The van der Waals surface area contributed by atoms with Gasteiger partial charge in [-0.2, -0.15) is 0 Å². The summed E-state index contributed by atoms with van der Waals surface area (Å²) in [6, 6.07) is 0.878. The number of carbonyl (C=O) groups excluding carboxylic acids is 1. The lowest BCUT2D eigenvalue weighted by Gasteiger charge is -2.13. The number of hydrogen-bond donors (Lipinski definition) is 3. The zero-order chi connectivity index (χ0) is 14.0. The summed E-state index contributed by atoms with van der Waals surface area (Å²) >= 11 is 0. The predicted octanol–water partition coefficient (Wildman–Crippen LogP) is 1.34. The molecule has 4 nitrogen and oxygen atoms in total. The fourth-order valence-electron chi connectivity index (χ4n) is 2.04. The number of phenols is 1. The summed E-state index contributed by atoms with van der Waals surface area (Å²) in [6.45, 7) is -0.0287. The van der Waals surface area contributed by atoms with Gasteiger partial charge in [-0.1, -0.05) is 12.2 Å². The van der Waals surface area contributed by atoms with Gasteiger partial charge in [-0.3, -0.25) is 4.79 Å². The van der Waals surface area contributed by atoms with Gasteiger partial charge in [0.15, 0.2) is 0 Å². The van der Waals surface area contributed by atoms with Crippen LogP contribution in [0, 0.1) is 17.6 Å². The van der Waals surface area contributed by atoms with Gasteiger partial charge in [0.25, 0.3) is 5.91 Å². The normalized spacial score (nSPS) is 21.6. The summed E-state index contributed by atoms with van der Waals surface area (Å²) in [5.74, 6) is -3.67. The van der Waals surface area contributed by atoms with Crippen molar-refractivity contribution in [1.29, 1.82) is 0 Å².